The van der Waals surface area contributed by atoms with E-state index in [1.54, 1.807) is 0 Å². The molecule has 2 unspecified atom stereocenters. The molecule has 0 radical (unpaired) electrons. The topological polar surface area (TPSA) is 46.3 Å². The van der Waals surface area contributed by atoms with Crippen molar-refractivity contribution in [2.24, 2.45) is 0 Å². The quantitative estimate of drug-likeness (QED) is 0.625. The molecule has 0 amide bonds. The minimum atomic E-state index is -3.48. The van der Waals surface area contributed by atoms with Crippen molar-refractivity contribution in [3.8, 4) is 0 Å². The molecule has 3 rings (SSSR count). The lowest BCUT2D eigenvalue weighted by atomic mass is 10.4. The molecule has 5 nitrogen and oxygen atoms in total. The van der Waals surface area contributed by atoms with Crippen LogP contribution in [0.1, 0.15) is 0 Å². The van der Waals surface area contributed by atoms with Gasteiger partial charge in [0.2, 0.25) is 6.67 Å². The van der Waals surface area contributed by atoms with E-state index in [2.05, 4.69) is 0 Å². The molecule has 2 aliphatic rings. The van der Waals surface area contributed by atoms with Crippen LogP contribution < -0.4 is 9.80 Å². The Morgan fingerprint density at radius 3 is 2.17 bits per heavy atom. The zero-order valence-electron chi connectivity index (χ0n) is 9.89. The number of benzene rings is 1. The largest absolute Gasteiger partial charge is 0.270 e. The molecule has 2 aliphatic heterocycles. The highest BCUT2D eigenvalue weighted by Crippen LogP contribution is 2.14. The van der Waals surface area contributed by atoms with E-state index in [0.717, 1.165) is 19.8 Å². The van der Waals surface area contributed by atoms with Crippen molar-refractivity contribution in [1.82, 2.24) is 4.31 Å². The number of rotatable bonds is 2. The van der Waals surface area contributed by atoms with Gasteiger partial charge in [-0.3, -0.25) is 9.80 Å². The van der Waals surface area contributed by atoms with E-state index in [-0.39, 0.29) is 4.90 Å². The predicted octanol–water partition coefficient (Wildman–Crippen LogP) is -2.51. The summed E-state index contributed by atoms with van der Waals surface area (Å²) < 4.78 is 39.1. The van der Waals surface area contributed by atoms with Gasteiger partial charge in [0.1, 0.15) is 18.9 Å². The van der Waals surface area contributed by atoms with Crippen LogP contribution in [0.3, 0.4) is 0 Å². The number of nitrogens with one attached hydrogen (secondary N) is 2. The maximum atomic E-state index is 12.8. The van der Waals surface area contributed by atoms with Gasteiger partial charge >= 0.3 is 0 Å². The van der Waals surface area contributed by atoms with E-state index in [4.69, 9.17) is 0 Å². The Hall–Kier alpha value is -1.02. The van der Waals surface area contributed by atoms with Crippen LogP contribution in [0.2, 0.25) is 0 Å². The third kappa shape index (κ3) is 2.03. The Morgan fingerprint density at radius 2 is 1.61 bits per heavy atom. The van der Waals surface area contributed by atoms with E-state index in [0.29, 0.717) is 13.3 Å². The van der Waals surface area contributed by atoms with Crippen molar-refractivity contribution in [2.75, 3.05) is 33.1 Å². The molecule has 2 bridgehead atoms. The molecule has 2 saturated heterocycles. The fraction of sp³-hybridized carbons (Fsp3) is 0.455. The first-order chi connectivity index (χ1) is 8.55. The molecule has 98 valence electrons. The molecule has 2 N–H and O–H groups in total. The predicted molar refractivity (Wildman–Crippen MR) is 61.7 cm³/mol. The number of sulfonamides is 1. The van der Waals surface area contributed by atoms with Gasteiger partial charge in [0, 0.05) is 0 Å². The van der Waals surface area contributed by atoms with Crippen molar-refractivity contribution >= 4 is 10.0 Å². The lowest BCUT2D eigenvalue weighted by Gasteiger charge is -2.28. The third-order valence-corrected chi connectivity index (χ3v) is 5.39. The van der Waals surface area contributed by atoms with E-state index >= 15 is 0 Å². The van der Waals surface area contributed by atoms with Gasteiger partial charge in [-0.1, -0.05) is 4.31 Å². The van der Waals surface area contributed by atoms with Crippen LogP contribution >= 0.6 is 0 Å². The molecule has 0 aromatic heterocycles. The first kappa shape index (κ1) is 12.0. The lowest BCUT2D eigenvalue weighted by molar-refractivity contribution is -1.06. The van der Waals surface area contributed by atoms with Crippen LogP contribution in [0.15, 0.2) is 29.2 Å². The summed E-state index contributed by atoms with van der Waals surface area (Å²) in [6, 6.07) is 5.03. The van der Waals surface area contributed by atoms with Crippen molar-refractivity contribution in [3.05, 3.63) is 30.1 Å². The fourth-order valence-corrected chi connectivity index (χ4v) is 4.12. The molecule has 0 saturated carbocycles. The summed E-state index contributed by atoms with van der Waals surface area (Å²) in [5.74, 6) is -0.420. The average molecular weight is 273 g/mol. The Kier molecular flexibility index (Phi) is 2.86. The molecule has 18 heavy (non-hydrogen) atoms. The zero-order chi connectivity index (χ0) is 12.8. The highest BCUT2D eigenvalue weighted by molar-refractivity contribution is 7.89. The van der Waals surface area contributed by atoms with Crippen LogP contribution in [0.4, 0.5) is 4.39 Å². The van der Waals surface area contributed by atoms with Crippen LogP contribution in [-0.2, 0) is 10.0 Å². The summed E-state index contributed by atoms with van der Waals surface area (Å²) in [5, 5.41) is 0. The minimum absolute atomic E-state index is 0.173. The molecule has 1 aromatic rings. The number of hydrogen-bond donors (Lipinski definition) is 2. The fourth-order valence-electron chi connectivity index (χ4n) is 2.63. The van der Waals surface area contributed by atoms with Crippen LogP contribution in [0.5, 0.6) is 0 Å². The van der Waals surface area contributed by atoms with Crippen molar-refractivity contribution in [3.63, 3.8) is 0 Å². The second-order valence-electron chi connectivity index (χ2n) is 4.90. The van der Waals surface area contributed by atoms with Gasteiger partial charge in [-0.2, -0.15) is 0 Å². The van der Waals surface area contributed by atoms with Crippen LogP contribution in [0.25, 0.3) is 0 Å². The SMILES string of the molecule is O=S(=O)(c1ccc(F)cc1)N1C[NH+]2CC[NH+](C1)C2. The Balaban J connectivity index is 1.88. The van der Waals surface area contributed by atoms with Crippen LogP contribution in [0, 0.1) is 5.82 Å². The summed E-state index contributed by atoms with van der Waals surface area (Å²) in [6.45, 7) is 4.07. The zero-order valence-corrected chi connectivity index (χ0v) is 10.7. The number of nitrogens with zero attached hydrogens (tertiary/aromatic N) is 1. The van der Waals surface area contributed by atoms with Gasteiger partial charge < -0.3 is 0 Å². The molecular weight excluding hydrogens is 257 g/mol. The summed E-state index contributed by atoms with van der Waals surface area (Å²) in [5.41, 5.74) is 0. The summed E-state index contributed by atoms with van der Waals surface area (Å²) >= 11 is 0. The molecule has 0 spiro atoms. The Bertz CT molecular complexity index is 534. The van der Waals surface area contributed by atoms with Crippen molar-refractivity contribution in [1.29, 1.82) is 0 Å². The van der Waals surface area contributed by atoms with Crippen molar-refractivity contribution in [2.45, 2.75) is 4.90 Å². The summed E-state index contributed by atoms with van der Waals surface area (Å²) in [6.07, 6.45) is 0. The molecule has 0 aliphatic carbocycles. The number of quaternary nitrogens is 2. The molecule has 2 fully saturated rings. The van der Waals surface area contributed by atoms with Gasteiger partial charge in [-0.15, -0.1) is 0 Å². The van der Waals surface area contributed by atoms with E-state index in [1.807, 2.05) is 0 Å². The molecular formula is C11H16FN3O2S+2. The summed E-state index contributed by atoms with van der Waals surface area (Å²) in [4.78, 5) is 2.76. The molecule has 7 heteroatoms. The smallest absolute Gasteiger partial charge is 0.252 e. The highest BCUT2D eigenvalue weighted by atomic mass is 32.2. The Labute approximate surface area is 105 Å². The standard InChI is InChI=1S/C11H14FN3O2S/c12-10-1-3-11(4-2-10)18(16,17)15-8-13-5-6-14(7-13)9-15/h1-4H,5-9H2/p+2. The first-order valence-electron chi connectivity index (χ1n) is 5.98. The Morgan fingerprint density at radius 1 is 1.06 bits per heavy atom. The second kappa shape index (κ2) is 4.27. The maximum Gasteiger partial charge on any atom is 0.252 e. The third-order valence-electron chi connectivity index (χ3n) is 3.58. The maximum absolute atomic E-state index is 12.8. The average Bonchev–Trinajstić information content (AvgIpc) is 2.68. The van der Waals surface area contributed by atoms with Crippen molar-refractivity contribution < 1.29 is 22.6 Å². The van der Waals surface area contributed by atoms with Gasteiger partial charge in [-0.25, -0.2) is 12.8 Å². The van der Waals surface area contributed by atoms with E-state index < -0.39 is 15.8 Å². The molecule has 2 atom stereocenters. The van der Waals surface area contributed by atoms with Gasteiger partial charge in [0.25, 0.3) is 10.0 Å². The summed E-state index contributed by atoms with van der Waals surface area (Å²) in [7, 11) is -3.48. The minimum Gasteiger partial charge on any atom is -0.270 e. The second-order valence-corrected chi connectivity index (χ2v) is 6.84. The van der Waals surface area contributed by atoms with Crippen LogP contribution in [-0.4, -0.2) is 45.8 Å². The number of fused-ring (bicyclic) bond motifs is 2. The first-order valence-corrected chi connectivity index (χ1v) is 7.42. The monoisotopic (exact) mass is 273 g/mol. The lowest BCUT2D eigenvalue weighted by Crippen LogP contribution is -3.28. The number of hydrogen-bond acceptors (Lipinski definition) is 2. The van der Waals surface area contributed by atoms with Gasteiger partial charge in [0.05, 0.1) is 4.90 Å². The highest BCUT2D eigenvalue weighted by Gasteiger charge is 2.41. The molecule has 2 heterocycles. The van der Waals surface area contributed by atoms with E-state index in [9.17, 15) is 12.8 Å². The van der Waals surface area contributed by atoms with E-state index in [1.165, 1.54) is 38.4 Å². The van der Waals surface area contributed by atoms with Gasteiger partial charge in [0.15, 0.2) is 13.3 Å². The number of halogens is 1. The van der Waals surface area contributed by atoms with Gasteiger partial charge in [-0.05, 0) is 24.3 Å². The molecule has 1 aromatic carbocycles. The normalized spacial score (nSPS) is 28.5.